The summed E-state index contributed by atoms with van der Waals surface area (Å²) in [5.74, 6) is -1.15. The van der Waals surface area contributed by atoms with Crippen molar-refractivity contribution < 1.29 is 23.4 Å². The number of nitrogens with zero attached hydrogens (tertiary/aromatic N) is 1. The quantitative estimate of drug-likeness (QED) is 0.874. The average Bonchev–Trinajstić information content (AvgIpc) is 2.89. The summed E-state index contributed by atoms with van der Waals surface area (Å²) < 4.78 is 26.1. The number of likely N-dealkylation sites (N-methyl/N-ethyl adjacent to an activating group) is 1. The summed E-state index contributed by atoms with van der Waals surface area (Å²) in [6.45, 7) is 0. The summed E-state index contributed by atoms with van der Waals surface area (Å²) in [7, 11) is -2.32. The Morgan fingerprint density at radius 3 is 2.60 bits per heavy atom. The molecule has 6 nitrogen and oxygen atoms in total. The van der Waals surface area contributed by atoms with Gasteiger partial charge in [-0.3, -0.25) is 0 Å². The van der Waals surface area contributed by atoms with E-state index in [9.17, 15) is 18.3 Å². The van der Waals surface area contributed by atoms with Gasteiger partial charge in [0.25, 0.3) is 10.0 Å². The third-order valence-corrected chi connectivity index (χ3v) is 6.91. The zero-order valence-electron chi connectivity index (χ0n) is 11.0. The van der Waals surface area contributed by atoms with E-state index >= 15 is 0 Å². The number of aromatic carboxylic acids is 1. The third-order valence-electron chi connectivity index (χ3n) is 3.62. The standard InChI is InChI=1S/C12H17NO5S2/c1-13(9-4-2-3-5-10(9)14)20(17,18)11-6-8(7-19-11)12(15)16/h6-7,9-10,14H,2-5H2,1H3,(H,15,16). The molecule has 2 unspecified atom stereocenters. The molecule has 20 heavy (non-hydrogen) atoms. The Kier molecular flexibility index (Phi) is 4.48. The van der Waals surface area contributed by atoms with Gasteiger partial charge in [-0.1, -0.05) is 12.8 Å². The van der Waals surface area contributed by atoms with Crippen molar-refractivity contribution in [2.75, 3.05) is 7.05 Å². The van der Waals surface area contributed by atoms with Crippen molar-refractivity contribution >= 4 is 27.3 Å². The van der Waals surface area contributed by atoms with Crippen LogP contribution in [0.5, 0.6) is 0 Å². The first kappa shape index (κ1) is 15.4. The molecule has 0 aliphatic heterocycles. The molecular formula is C12H17NO5S2. The van der Waals surface area contributed by atoms with E-state index in [0.29, 0.717) is 12.8 Å². The number of aliphatic hydroxyl groups excluding tert-OH is 1. The van der Waals surface area contributed by atoms with Crippen molar-refractivity contribution in [3.8, 4) is 0 Å². The van der Waals surface area contributed by atoms with Crippen LogP contribution >= 0.6 is 11.3 Å². The molecule has 1 fully saturated rings. The summed E-state index contributed by atoms with van der Waals surface area (Å²) in [5, 5.41) is 20.1. The van der Waals surface area contributed by atoms with Gasteiger partial charge in [0, 0.05) is 12.4 Å². The molecule has 1 heterocycles. The number of rotatable bonds is 4. The highest BCUT2D eigenvalue weighted by Gasteiger charge is 2.35. The number of sulfonamides is 1. The third kappa shape index (κ3) is 2.88. The van der Waals surface area contributed by atoms with Crippen LogP contribution in [0.2, 0.25) is 0 Å². The predicted molar refractivity (Wildman–Crippen MR) is 74.5 cm³/mol. The predicted octanol–water partition coefficient (Wildman–Crippen LogP) is 1.37. The van der Waals surface area contributed by atoms with Crippen molar-refractivity contribution in [3.05, 3.63) is 17.0 Å². The van der Waals surface area contributed by atoms with Gasteiger partial charge in [-0.05, 0) is 18.9 Å². The molecule has 2 atom stereocenters. The minimum atomic E-state index is -3.76. The molecule has 112 valence electrons. The van der Waals surface area contributed by atoms with Crippen LogP contribution in [-0.4, -0.2) is 48.1 Å². The molecule has 0 aromatic carbocycles. The van der Waals surface area contributed by atoms with Gasteiger partial charge in [0.15, 0.2) is 0 Å². The molecule has 8 heteroatoms. The lowest BCUT2D eigenvalue weighted by atomic mass is 9.93. The van der Waals surface area contributed by atoms with E-state index in [1.807, 2.05) is 0 Å². The highest BCUT2D eigenvalue weighted by Crippen LogP contribution is 2.29. The highest BCUT2D eigenvalue weighted by molar-refractivity contribution is 7.91. The average molecular weight is 319 g/mol. The van der Waals surface area contributed by atoms with Crippen LogP contribution in [0, 0.1) is 0 Å². The van der Waals surface area contributed by atoms with Crippen LogP contribution in [0.15, 0.2) is 15.7 Å². The summed E-state index contributed by atoms with van der Waals surface area (Å²) >= 11 is 0.886. The lowest BCUT2D eigenvalue weighted by Crippen LogP contribution is -2.46. The van der Waals surface area contributed by atoms with Gasteiger partial charge >= 0.3 is 5.97 Å². The smallest absolute Gasteiger partial charge is 0.336 e. The lowest BCUT2D eigenvalue weighted by molar-refractivity contribution is 0.0638. The SMILES string of the molecule is CN(C1CCCCC1O)S(=O)(=O)c1cc(C(=O)O)cs1. The molecule has 1 saturated carbocycles. The molecule has 0 spiro atoms. The maximum absolute atomic E-state index is 12.4. The van der Waals surface area contributed by atoms with E-state index in [4.69, 9.17) is 5.11 Å². The van der Waals surface area contributed by atoms with Crippen molar-refractivity contribution in [3.63, 3.8) is 0 Å². The van der Waals surface area contributed by atoms with Crippen LogP contribution in [0.25, 0.3) is 0 Å². The van der Waals surface area contributed by atoms with E-state index in [1.165, 1.54) is 16.7 Å². The molecule has 1 aromatic rings. The number of aliphatic hydroxyl groups is 1. The Hall–Kier alpha value is -0.960. The van der Waals surface area contributed by atoms with Crippen LogP contribution in [0.1, 0.15) is 36.0 Å². The number of carboxylic acids is 1. The van der Waals surface area contributed by atoms with Gasteiger partial charge in [0.1, 0.15) is 4.21 Å². The number of hydrogen-bond acceptors (Lipinski definition) is 5. The monoisotopic (exact) mass is 319 g/mol. The molecule has 0 saturated heterocycles. The van der Waals surface area contributed by atoms with E-state index in [2.05, 4.69) is 0 Å². The first-order chi connectivity index (χ1) is 9.34. The van der Waals surface area contributed by atoms with Crippen molar-refractivity contribution in [1.29, 1.82) is 0 Å². The van der Waals surface area contributed by atoms with Gasteiger partial charge in [-0.15, -0.1) is 11.3 Å². The molecule has 0 bridgehead atoms. The second kappa shape index (κ2) is 5.80. The van der Waals surface area contributed by atoms with Gasteiger partial charge in [-0.2, -0.15) is 4.31 Å². The Morgan fingerprint density at radius 1 is 1.40 bits per heavy atom. The Labute approximate surface area is 121 Å². The summed E-state index contributed by atoms with van der Waals surface area (Å²) in [6.07, 6.45) is 2.33. The van der Waals surface area contributed by atoms with Crippen LogP contribution < -0.4 is 0 Å². The molecule has 0 amide bonds. The van der Waals surface area contributed by atoms with Crippen molar-refractivity contribution in [1.82, 2.24) is 4.31 Å². The number of carbonyl (C=O) groups is 1. The summed E-state index contributed by atoms with van der Waals surface area (Å²) in [5.41, 5.74) is -0.0360. The second-order valence-electron chi connectivity index (χ2n) is 4.90. The molecule has 1 aliphatic carbocycles. The highest BCUT2D eigenvalue weighted by atomic mass is 32.2. The first-order valence-electron chi connectivity index (χ1n) is 6.32. The Bertz CT molecular complexity index is 595. The first-order valence-corrected chi connectivity index (χ1v) is 8.64. The van der Waals surface area contributed by atoms with Crippen LogP contribution in [0.4, 0.5) is 0 Å². The number of hydrogen-bond donors (Lipinski definition) is 2. The topological polar surface area (TPSA) is 94.9 Å². The van der Waals surface area contributed by atoms with Gasteiger partial charge < -0.3 is 10.2 Å². The molecule has 1 aliphatic rings. The normalized spacial score (nSPS) is 23.9. The molecule has 2 N–H and O–H groups in total. The van der Waals surface area contributed by atoms with Crippen molar-refractivity contribution in [2.24, 2.45) is 0 Å². The van der Waals surface area contributed by atoms with Gasteiger partial charge in [0.05, 0.1) is 17.7 Å². The fraction of sp³-hybridized carbons (Fsp3) is 0.583. The zero-order chi connectivity index (χ0) is 14.9. The van der Waals surface area contributed by atoms with E-state index in [1.54, 1.807) is 0 Å². The summed E-state index contributed by atoms with van der Waals surface area (Å²) in [4.78, 5) is 10.8. The van der Waals surface area contributed by atoms with E-state index in [0.717, 1.165) is 30.2 Å². The van der Waals surface area contributed by atoms with Crippen molar-refractivity contribution in [2.45, 2.75) is 42.0 Å². The van der Waals surface area contributed by atoms with E-state index < -0.39 is 28.1 Å². The zero-order valence-corrected chi connectivity index (χ0v) is 12.7. The minimum absolute atomic E-state index is 0.00447. The molecular weight excluding hydrogens is 302 g/mol. The maximum Gasteiger partial charge on any atom is 0.336 e. The lowest BCUT2D eigenvalue weighted by Gasteiger charge is -2.34. The molecule has 1 aromatic heterocycles. The Morgan fingerprint density at radius 2 is 2.05 bits per heavy atom. The van der Waals surface area contributed by atoms with E-state index in [-0.39, 0.29) is 9.77 Å². The number of carboxylic acid groups (broad SMARTS) is 1. The fourth-order valence-electron chi connectivity index (χ4n) is 2.40. The van der Waals surface area contributed by atoms with Gasteiger partial charge in [-0.25, -0.2) is 13.2 Å². The molecule has 0 radical (unpaired) electrons. The summed E-state index contributed by atoms with van der Waals surface area (Å²) in [6, 6.07) is 0.720. The largest absolute Gasteiger partial charge is 0.478 e. The minimum Gasteiger partial charge on any atom is -0.478 e. The van der Waals surface area contributed by atoms with Crippen LogP contribution in [-0.2, 0) is 10.0 Å². The van der Waals surface area contributed by atoms with Crippen LogP contribution in [0.3, 0.4) is 0 Å². The second-order valence-corrected chi connectivity index (χ2v) is 8.04. The molecule has 2 rings (SSSR count). The van der Waals surface area contributed by atoms with Gasteiger partial charge in [0.2, 0.25) is 0 Å². The maximum atomic E-state index is 12.4. The fourth-order valence-corrected chi connectivity index (χ4v) is 5.15. The Balaban J connectivity index is 2.26. The number of thiophene rings is 1.